The Bertz CT molecular complexity index is 1580. The highest BCUT2D eigenvalue weighted by Crippen LogP contribution is 2.34. The van der Waals surface area contributed by atoms with Crippen LogP contribution in [0.15, 0.2) is 82.5 Å². The molecule has 9 heteroatoms. The molecule has 2 heterocycles. The van der Waals surface area contributed by atoms with Crippen molar-refractivity contribution in [2.24, 2.45) is 0 Å². The highest BCUT2D eigenvalue weighted by Gasteiger charge is 2.33. The van der Waals surface area contributed by atoms with E-state index in [1.807, 2.05) is 24.3 Å². The molecule has 5 rings (SSSR count). The molecule has 0 unspecified atom stereocenters. The first-order valence-corrected chi connectivity index (χ1v) is 12.5. The lowest BCUT2D eigenvalue weighted by Crippen LogP contribution is -2.35. The molecule has 0 saturated heterocycles. The number of aromatic nitrogens is 1. The maximum atomic E-state index is 13.4. The first kappa shape index (κ1) is 23.2. The van der Waals surface area contributed by atoms with Gasteiger partial charge in [-0.3, -0.25) is 9.10 Å². The van der Waals surface area contributed by atoms with Crippen LogP contribution in [-0.4, -0.2) is 19.9 Å². The molecular formula is C26H21F3N2O3S. The fourth-order valence-corrected chi connectivity index (χ4v) is 6.08. The largest absolute Gasteiger partial charge is 0.417 e. The first-order chi connectivity index (χ1) is 16.6. The van der Waals surface area contributed by atoms with Crippen LogP contribution in [0.5, 0.6) is 0 Å². The van der Waals surface area contributed by atoms with E-state index >= 15 is 0 Å². The zero-order chi connectivity index (χ0) is 24.8. The SMILES string of the molecule is O=c1cc(C(F)(F)F)c2cc(Cc3ccc(S(=O)(=O)N4CCCc5ccccc54)cc3)ccc2[nH]1. The van der Waals surface area contributed by atoms with Crippen molar-refractivity contribution in [1.29, 1.82) is 0 Å². The van der Waals surface area contributed by atoms with Crippen molar-refractivity contribution in [3.8, 4) is 0 Å². The number of nitrogens with one attached hydrogen (secondary N) is 1. The third-order valence-corrected chi connectivity index (χ3v) is 8.03. The molecule has 0 aliphatic carbocycles. The molecular weight excluding hydrogens is 477 g/mol. The summed E-state index contributed by atoms with van der Waals surface area (Å²) in [6.07, 6.45) is -2.79. The van der Waals surface area contributed by atoms with Gasteiger partial charge < -0.3 is 4.98 Å². The van der Waals surface area contributed by atoms with Crippen molar-refractivity contribution in [3.05, 3.63) is 105 Å². The number of hydrogen-bond acceptors (Lipinski definition) is 3. The summed E-state index contributed by atoms with van der Waals surface area (Å²) in [7, 11) is -3.75. The second-order valence-corrected chi connectivity index (χ2v) is 10.4. The molecule has 4 aromatic rings. The minimum Gasteiger partial charge on any atom is -0.322 e. The summed E-state index contributed by atoms with van der Waals surface area (Å²) in [6, 6.07) is 18.9. The summed E-state index contributed by atoms with van der Waals surface area (Å²) in [5, 5.41) is -0.0856. The van der Waals surface area contributed by atoms with Gasteiger partial charge in [-0.15, -0.1) is 0 Å². The number of alkyl halides is 3. The van der Waals surface area contributed by atoms with Crippen molar-refractivity contribution < 1.29 is 21.6 Å². The van der Waals surface area contributed by atoms with Gasteiger partial charge in [0.25, 0.3) is 10.0 Å². The molecule has 3 aromatic carbocycles. The van der Waals surface area contributed by atoms with Crippen LogP contribution in [0.1, 0.15) is 28.7 Å². The Morgan fingerprint density at radius 2 is 1.63 bits per heavy atom. The lowest BCUT2D eigenvalue weighted by molar-refractivity contribution is -0.136. The number of halogens is 3. The molecule has 1 N–H and O–H groups in total. The van der Waals surface area contributed by atoms with Gasteiger partial charge in [-0.2, -0.15) is 13.2 Å². The zero-order valence-corrected chi connectivity index (χ0v) is 19.3. The molecule has 0 fully saturated rings. The number of nitrogens with zero attached hydrogens (tertiary/aromatic N) is 1. The van der Waals surface area contributed by atoms with Crippen molar-refractivity contribution in [3.63, 3.8) is 0 Å². The molecule has 5 nitrogen and oxygen atoms in total. The Labute approximate surface area is 199 Å². The number of anilines is 1. The van der Waals surface area contributed by atoms with E-state index in [4.69, 9.17) is 0 Å². The summed E-state index contributed by atoms with van der Waals surface area (Å²) in [5.74, 6) is 0. The van der Waals surface area contributed by atoms with Crippen molar-refractivity contribution in [1.82, 2.24) is 4.98 Å². The second-order valence-electron chi connectivity index (χ2n) is 8.56. The van der Waals surface area contributed by atoms with Crippen LogP contribution < -0.4 is 9.86 Å². The van der Waals surface area contributed by atoms with Gasteiger partial charge in [0.15, 0.2) is 0 Å². The van der Waals surface area contributed by atoms with Crippen LogP contribution >= 0.6 is 0 Å². The predicted octanol–water partition coefficient (Wildman–Crippen LogP) is 5.28. The molecule has 0 atom stereocenters. The number of fused-ring (bicyclic) bond motifs is 2. The van der Waals surface area contributed by atoms with E-state index in [1.54, 1.807) is 18.2 Å². The highest BCUT2D eigenvalue weighted by atomic mass is 32.2. The van der Waals surface area contributed by atoms with Crippen molar-refractivity contribution >= 4 is 26.6 Å². The number of H-pyrrole nitrogens is 1. The van der Waals surface area contributed by atoms with E-state index in [0.29, 0.717) is 30.3 Å². The van der Waals surface area contributed by atoms with E-state index in [-0.39, 0.29) is 15.8 Å². The number of sulfonamides is 1. The van der Waals surface area contributed by atoms with E-state index in [2.05, 4.69) is 4.98 Å². The van der Waals surface area contributed by atoms with E-state index in [9.17, 15) is 26.4 Å². The fraction of sp³-hybridized carbons (Fsp3) is 0.192. The monoisotopic (exact) mass is 498 g/mol. The summed E-state index contributed by atoms with van der Waals surface area (Å²) < 4.78 is 68.4. The Hall–Kier alpha value is -3.59. The molecule has 0 amide bonds. The van der Waals surface area contributed by atoms with Crippen LogP contribution in [0, 0.1) is 0 Å². The van der Waals surface area contributed by atoms with Gasteiger partial charge in [-0.05, 0) is 66.3 Å². The predicted molar refractivity (Wildman–Crippen MR) is 128 cm³/mol. The molecule has 1 aromatic heterocycles. The third-order valence-electron chi connectivity index (χ3n) is 6.20. The number of para-hydroxylation sites is 1. The number of hydrogen-bond donors (Lipinski definition) is 1. The molecule has 0 radical (unpaired) electrons. The van der Waals surface area contributed by atoms with Crippen LogP contribution in [0.4, 0.5) is 18.9 Å². The Balaban J connectivity index is 1.43. The Kier molecular flexibility index (Phi) is 5.67. The average Bonchev–Trinajstić information content (AvgIpc) is 2.83. The van der Waals surface area contributed by atoms with Crippen molar-refractivity contribution in [2.75, 3.05) is 10.8 Å². The molecule has 0 bridgehead atoms. The van der Waals surface area contributed by atoms with Gasteiger partial charge in [-0.1, -0.05) is 36.4 Å². The van der Waals surface area contributed by atoms with Crippen LogP contribution in [0.25, 0.3) is 10.9 Å². The standard InChI is InChI=1S/C26H21F3N2O3S/c27-26(28,29)22-16-25(32)30-23-12-9-18(15-21(22)23)14-17-7-10-20(11-8-17)35(33,34)31-13-3-5-19-4-1-2-6-24(19)31/h1-2,4,6-12,15-16H,3,5,13-14H2,(H,30,32). The van der Waals surface area contributed by atoms with Gasteiger partial charge in [0.2, 0.25) is 5.56 Å². The number of aromatic amines is 1. The van der Waals surface area contributed by atoms with Crippen LogP contribution in [-0.2, 0) is 29.0 Å². The number of pyridine rings is 1. The normalized spacial score (nSPS) is 14.2. The Morgan fingerprint density at radius 3 is 2.37 bits per heavy atom. The maximum Gasteiger partial charge on any atom is 0.417 e. The average molecular weight is 499 g/mol. The smallest absolute Gasteiger partial charge is 0.322 e. The number of aryl methyl sites for hydroxylation is 1. The fourth-order valence-electron chi connectivity index (χ4n) is 4.54. The highest BCUT2D eigenvalue weighted by molar-refractivity contribution is 7.92. The van der Waals surface area contributed by atoms with Gasteiger partial charge >= 0.3 is 6.18 Å². The van der Waals surface area contributed by atoms with E-state index in [0.717, 1.165) is 24.0 Å². The van der Waals surface area contributed by atoms with Gasteiger partial charge in [0.05, 0.1) is 16.1 Å². The lowest BCUT2D eigenvalue weighted by Gasteiger charge is -2.30. The van der Waals surface area contributed by atoms with Crippen molar-refractivity contribution in [2.45, 2.75) is 30.3 Å². The molecule has 180 valence electrons. The molecule has 35 heavy (non-hydrogen) atoms. The Morgan fingerprint density at radius 1 is 0.914 bits per heavy atom. The van der Waals surface area contributed by atoms with Gasteiger partial charge in [0.1, 0.15) is 0 Å². The maximum absolute atomic E-state index is 13.4. The topological polar surface area (TPSA) is 70.2 Å². The summed E-state index contributed by atoms with van der Waals surface area (Å²) in [5.41, 5.74) is 1.35. The number of rotatable bonds is 4. The molecule has 0 spiro atoms. The van der Waals surface area contributed by atoms with Gasteiger partial charge in [0, 0.05) is 23.5 Å². The second kappa shape index (κ2) is 8.57. The van der Waals surface area contributed by atoms with Crippen LogP contribution in [0.3, 0.4) is 0 Å². The third kappa shape index (κ3) is 4.43. The molecule has 1 aliphatic rings. The lowest BCUT2D eigenvalue weighted by atomic mass is 10.0. The molecule has 1 aliphatic heterocycles. The minimum atomic E-state index is -4.66. The summed E-state index contributed by atoms with van der Waals surface area (Å²) in [6.45, 7) is 0.405. The zero-order valence-electron chi connectivity index (χ0n) is 18.5. The summed E-state index contributed by atoms with van der Waals surface area (Å²) >= 11 is 0. The van der Waals surface area contributed by atoms with E-state index < -0.39 is 27.3 Å². The molecule has 0 saturated carbocycles. The minimum absolute atomic E-state index is 0.0856. The summed E-state index contributed by atoms with van der Waals surface area (Å²) in [4.78, 5) is 14.2. The number of benzene rings is 3. The first-order valence-electron chi connectivity index (χ1n) is 11.1. The van der Waals surface area contributed by atoms with Gasteiger partial charge in [-0.25, -0.2) is 8.42 Å². The van der Waals surface area contributed by atoms with E-state index in [1.165, 1.54) is 28.6 Å². The quantitative estimate of drug-likeness (QED) is 0.416. The van der Waals surface area contributed by atoms with Crippen LogP contribution in [0.2, 0.25) is 0 Å².